The zero-order valence-electron chi connectivity index (χ0n) is 18.3. The first-order valence-electron chi connectivity index (χ1n) is 10.6. The van der Waals surface area contributed by atoms with Crippen LogP contribution in [0.15, 0.2) is 72.3 Å². The van der Waals surface area contributed by atoms with E-state index in [0.29, 0.717) is 48.1 Å². The molecule has 1 aromatic heterocycles. The Morgan fingerprint density at radius 1 is 1.18 bits per heavy atom. The normalized spacial score (nSPS) is 14.8. The van der Waals surface area contributed by atoms with E-state index in [-0.39, 0.29) is 12.6 Å². The van der Waals surface area contributed by atoms with Crippen LogP contribution in [0.3, 0.4) is 0 Å². The van der Waals surface area contributed by atoms with E-state index in [9.17, 15) is 9.59 Å². The van der Waals surface area contributed by atoms with Gasteiger partial charge in [0.15, 0.2) is 12.2 Å². The SMILES string of the molecule is C=COc1cc(NC(=O)Nc2cccc(CNC(=O)O[C@H]3CCOC3)c2)ccc1-c1cnco1. The van der Waals surface area contributed by atoms with Crippen molar-refractivity contribution in [3.63, 3.8) is 0 Å². The van der Waals surface area contributed by atoms with E-state index in [2.05, 4.69) is 27.5 Å². The lowest BCUT2D eigenvalue weighted by Crippen LogP contribution is -2.28. The molecule has 1 fully saturated rings. The highest BCUT2D eigenvalue weighted by Crippen LogP contribution is 2.32. The number of hydrogen-bond donors (Lipinski definition) is 3. The third kappa shape index (κ3) is 6.14. The second kappa shape index (κ2) is 11.0. The molecule has 1 atom stereocenters. The highest BCUT2D eigenvalue weighted by atomic mass is 16.6. The maximum Gasteiger partial charge on any atom is 0.407 e. The Labute approximate surface area is 195 Å². The van der Waals surface area contributed by atoms with E-state index >= 15 is 0 Å². The van der Waals surface area contributed by atoms with E-state index in [1.165, 1.54) is 12.7 Å². The van der Waals surface area contributed by atoms with Crippen molar-refractivity contribution in [1.82, 2.24) is 10.3 Å². The molecule has 3 aromatic rings. The van der Waals surface area contributed by atoms with Crippen LogP contribution in [0, 0.1) is 0 Å². The van der Waals surface area contributed by atoms with E-state index in [1.807, 2.05) is 6.07 Å². The molecule has 3 N–H and O–H groups in total. The van der Waals surface area contributed by atoms with Gasteiger partial charge in [-0.05, 0) is 29.8 Å². The van der Waals surface area contributed by atoms with Gasteiger partial charge in [0.2, 0.25) is 0 Å². The summed E-state index contributed by atoms with van der Waals surface area (Å²) in [5, 5.41) is 8.23. The number of benzene rings is 2. The molecule has 4 rings (SSSR count). The van der Waals surface area contributed by atoms with Gasteiger partial charge in [0.05, 0.1) is 31.2 Å². The van der Waals surface area contributed by atoms with Crippen molar-refractivity contribution in [2.24, 2.45) is 0 Å². The fourth-order valence-corrected chi connectivity index (χ4v) is 3.37. The topological polar surface area (TPSA) is 124 Å². The first-order chi connectivity index (χ1) is 16.6. The van der Waals surface area contributed by atoms with Gasteiger partial charge in [-0.1, -0.05) is 18.7 Å². The van der Waals surface area contributed by atoms with Crippen LogP contribution in [-0.2, 0) is 16.0 Å². The Morgan fingerprint density at radius 2 is 2.03 bits per heavy atom. The van der Waals surface area contributed by atoms with Gasteiger partial charge in [-0.15, -0.1) is 0 Å². The number of carbonyl (C=O) groups is 2. The molecule has 176 valence electrons. The van der Waals surface area contributed by atoms with Gasteiger partial charge in [-0.2, -0.15) is 0 Å². The van der Waals surface area contributed by atoms with E-state index in [1.54, 1.807) is 42.6 Å². The van der Waals surface area contributed by atoms with Crippen molar-refractivity contribution in [2.45, 2.75) is 19.1 Å². The molecule has 0 spiro atoms. The Hall–Kier alpha value is -4.31. The maximum atomic E-state index is 12.5. The van der Waals surface area contributed by atoms with E-state index in [0.717, 1.165) is 5.56 Å². The molecule has 0 radical (unpaired) electrons. The highest BCUT2D eigenvalue weighted by molar-refractivity contribution is 6.00. The summed E-state index contributed by atoms with van der Waals surface area (Å²) >= 11 is 0. The summed E-state index contributed by atoms with van der Waals surface area (Å²) in [5.41, 5.74) is 2.54. The molecule has 0 unspecified atom stereocenters. The van der Waals surface area contributed by atoms with Crippen LogP contribution in [0.25, 0.3) is 11.3 Å². The molecule has 10 heteroatoms. The Morgan fingerprint density at radius 3 is 2.76 bits per heavy atom. The van der Waals surface area contributed by atoms with Crippen LogP contribution >= 0.6 is 0 Å². The monoisotopic (exact) mass is 464 g/mol. The number of urea groups is 1. The Balaban J connectivity index is 1.33. The van der Waals surface area contributed by atoms with Crippen LogP contribution in [0.1, 0.15) is 12.0 Å². The zero-order chi connectivity index (χ0) is 23.8. The first-order valence-corrected chi connectivity index (χ1v) is 10.6. The summed E-state index contributed by atoms with van der Waals surface area (Å²) < 4.78 is 21.2. The highest BCUT2D eigenvalue weighted by Gasteiger charge is 2.19. The number of carbonyl (C=O) groups excluding carboxylic acids is 2. The number of amides is 3. The molecule has 10 nitrogen and oxygen atoms in total. The maximum absolute atomic E-state index is 12.5. The van der Waals surface area contributed by atoms with Crippen molar-refractivity contribution in [3.05, 3.63) is 73.5 Å². The number of anilines is 2. The summed E-state index contributed by atoms with van der Waals surface area (Å²) in [4.78, 5) is 28.3. The summed E-state index contributed by atoms with van der Waals surface area (Å²) in [6.45, 7) is 4.86. The largest absolute Gasteiger partial charge is 0.465 e. The van der Waals surface area contributed by atoms with E-state index < -0.39 is 12.1 Å². The lowest BCUT2D eigenvalue weighted by molar-refractivity contribution is 0.0828. The van der Waals surface area contributed by atoms with Gasteiger partial charge >= 0.3 is 12.1 Å². The molecule has 0 aliphatic carbocycles. The third-order valence-corrected chi connectivity index (χ3v) is 4.93. The van der Waals surface area contributed by atoms with Crippen molar-refractivity contribution in [2.75, 3.05) is 23.8 Å². The van der Waals surface area contributed by atoms with Crippen molar-refractivity contribution in [1.29, 1.82) is 0 Å². The van der Waals surface area contributed by atoms with Gasteiger partial charge in [0.1, 0.15) is 11.9 Å². The molecule has 0 saturated carbocycles. The number of aromatic nitrogens is 1. The zero-order valence-corrected chi connectivity index (χ0v) is 18.3. The molecular formula is C24H24N4O6. The summed E-state index contributed by atoms with van der Waals surface area (Å²) in [5.74, 6) is 0.979. The van der Waals surface area contributed by atoms with Gasteiger partial charge in [-0.25, -0.2) is 14.6 Å². The van der Waals surface area contributed by atoms with Gasteiger partial charge in [0.25, 0.3) is 0 Å². The molecule has 34 heavy (non-hydrogen) atoms. The molecule has 2 heterocycles. The minimum atomic E-state index is -0.502. The number of nitrogens with zero attached hydrogens (tertiary/aromatic N) is 1. The Bertz CT molecular complexity index is 1140. The van der Waals surface area contributed by atoms with Crippen LogP contribution in [0.5, 0.6) is 5.75 Å². The van der Waals surface area contributed by atoms with E-state index in [4.69, 9.17) is 18.6 Å². The second-order valence-electron chi connectivity index (χ2n) is 7.39. The molecular weight excluding hydrogens is 440 g/mol. The average molecular weight is 464 g/mol. The minimum absolute atomic E-state index is 0.209. The van der Waals surface area contributed by atoms with Crippen LogP contribution in [0.2, 0.25) is 0 Å². The van der Waals surface area contributed by atoms with Gasteiger partial charge < -0.3 is 34.6 Å². The van der Waals surface area contributed by atoms with Crippen LogP contribution in [-0.4, -0.2) is 36.4 Å². The fourth-order valence-electron chi connectivity index (χ4n) is 3.37. The average Bonchev–Trinajstić information content (AvgIpc) is 3.53. The molecule has 3 amide bonds. The predicted molar refractivity (Wildman–Crippen MR) is 124 cm³/mol. The molecule has 0 bridgehead atoms. The standard InChI is InChI=1S/C24H24N4O6/c1-2-32-21-11-18(6-7-20(21)22-13-25-15-33-22)28-23(29)27-17-5-3-4-16(10-17)12-26-24(30)34-19-8-9-31-14-19/h2-7,10-11,13,15,19H,1,8-9,12,14H2,(H,26,30)(H2,27,28,29)/t19-/m0/s1. The minimum Gasteiger partial charge on any atom is -0.465 e. The fraction of sp³-hybridized carbons (Fsp3) is 0.208. The third-order valence-electron chi connectivity index (χ3n) is 4.93. The lowest BCUT2D eigenvalue weighted by Gasteiger charge is -2.13. The summed E-state index contributed by atoms with van der Waals surface area (Å²) in [6, 6.07) is 11.8. The van der Waals surface area contributed by atoms with Gasteiger partial charge in [0, 0.05) is 30.4 Å². The number of ether oxygens (including phenoxy) is 3. The number of oxazole rings is 1. The predicted octanol–water partition coefficient (Wildman–Crippen LogP) is 4.52. The molecule has 1 aliphatic heterocycles. The molecule has 1 saturated heterocycles. The molecule has 2 aromatic carbocycles. The Kier molecular flexibility index (Phi) is 7.41. The number of nitrogens with one attached hydrogen (secondary N) is 3. The van der Waals surface area contributed by atoms with Crippen LogP contribution < -0.4 is 20.7 Å². The van der Waals surface area contributed by atoms with Gasteiger partial charge in [-0.3, -0.25) is 0 Å². The second-order valence-corrected chi connectivity index (χ2v) is 7.39. The van der Waals surface area contributed by atoms with Crippen molar-refractivity contribution in [3.8, 4) is 17.1 Å². The summed E-state index contributed by atoms with van der Waals surface area (Å²) in [6.07, 6.45) is 4.17. The quantitative estimate of drug-likeness (QED) is 0.419. The van der Waals surface area contributed by atoms with Crippen molar-refractivity contribution >= 4 is 23.5 Å². The first kappa shape index (κ1) is 22.9. The van der Waals surface area contributed by atoms with Crippen LogP contribution in [0.4, 0.5) is 21.0 Å². The molecule has 1 aliphatic rings. The van der Waals surface area contributed by atoms with Crippen molar-refractivity contribution < 1.29 is 28.2 Å². The summed E-state index contributed by atoms with van der Waals surface area (Å²) in [7, 11) is 0. The number of rotatable bonds is 8. The number of alkyl carbamates (subject to hydrolysis) is 1. The number of hydrogen-bond acceptors (Lipinski definition) is 7. The lowest BCUT2D eigenvalue weighted by atomic mass is 10.1. The smallest absolute Gasteiger partial charge is 0.407 e.